The van der Waals surface area contributed by atoms with Crippen LogP contribution in [0.1, 0.15) is 29.0 Å². The SMILES string of the molecule is Cc1ccccc1[C@@H]1C[C@H]1C(=O)N[C@@H](Cc1ccccc1)C(N)=O. The zero-order valence-corrected chi connectivity index (χ0v) is 13.7. The van der Waals surface area contributed by atoms with Crippen LogP contribution in [0.2, 0.25) is 0 Å². The molecule has 0 bridgehead atoms. The Hall–Kier alpha value is -2.62. The van der Waals surface area contributed by atoms with Crippen molar-refractivity contribution >= 4 is 11.8 Å². The Bertz CT molecular complexity index is 742. The van der Waals surface area contributed by atoms with Crippen molar-refractivity contribution in [2.75, 3.05) is 0 Å². The van der Waals surface area contributed by atoms with Gasteiger partial charge in [-0.05, 0) is 36.0 Å². The number of aryl methyl sites for hydroxylation is 1. The van der Waals surface area contributed by atoms with E-state index in [-0.39, 0.29) is 17.7 Å². The maximum Gasteiger partial charge on any atom is 0.240 e. The van der Waals surface area contributed by atoms with E-state index in [2.05, 4.69) is 24.4 Å². The zero-order chi connectivity index (χ0) is 17.1. The van der Waals surface area contributed by atoms with Crippen molar-refractivity contribution in [3.8, 4) is 0 Å². The van der Waals surface area contributed by atoms with Crippen molar-refractivity contribution in [3.63, 3.8) is 0 Å². The summed E-state index contributed by atoms with van der Waals surface area (Å²) in [7, 11) is 0. The van der Waals surface area contributed by atoms with Gasteiger partial charge in [-0.15, -0.1) is 0 Å². The van der Waals surface area contributed by atoms with E-state index in [4.69, 9.17) is 5.73 Å². The number of primary amides is 1. The van der Waals surface area contributed by atoms with Crippen LogP contribution < -0.4 is 11.1 Å². The molecule has 124 valence electrons. The smallest absolute Gasteiger partial charge is 0.240 e. The number of benzene rings is 2. The van der Waals surface area contributed by atoms with E-state index in [1.54, 1.807) is 0 Å². The first-order valence-corrected chi connectivity index (χ1v) is 8.25. The lowest BCUT2D eigenvalue weighted by Crippen LogP contribution is -2.46. The summed E-state index contributed by atoms with van der Waals surface area (Å²) >= 11 is 0. The van der Waals surface area contributed by atoms with Crippen LogP contribution in [-0.2, 0) is 16.0 Å². The molecule has 0 saturated heterocycles. The number of rotatable bonds is 6. The van der Waals surface area contributed by atoms with Crippen molar-refractivity contribution in [2.45, 2.75) is 31.7 Å². The summed E-state index contributed by atoms with van der Waals surface area (Å²) < 4.78 is 0. The number of amides is 2. The molecule has 1 fully saturated rings. The van der Waals surface area contributed by atoms with Gasteiger partial charge in [0, 0.05) is 12.3 Å². The number of carbonyl (C=O) groups excluding carboxylic acids is 2. The van der Waals surface area contributed by atoms with E-state index < -0.39 is 11.9 Å². The molecule has 2 aromatic rings. The fourth-order valence-corrected chi connectivity index (χ4v) is 3.18. The molecule has 0 heterocycles. The molecule has 3 atom stereocenters. The molecule has 1 aliphatic rings. The average Bonchev–Trinajstić information content (AvgIpc) is 3.36. The van der Waals surface area contributed by atoms with Crippen LogP contribution in [0, 0.1) is 12.8 Å². The van der Waals surface area contributed by atoms with E-state index >= 15 is 0 Å². The minimum Gasteiger partial charge on any atom is -0.368 e. The van der Waals surface area contributed by atoms with Crippen LogP contribution >= 0.6 is 0 Å². The lowest BCUT2D eigenvalue weighted by Gasteiger charge is -2.16. The second-order valence-electron chi connectivity index (χ2n) is 6.46. The van der Waals surface area contributed by atoms with Gasteiger partial charge in [0.15, 0.2) is 0 Å². The molecule has 2 aromatic carbocycles. The van der Waals surface area contributed by atoms with Crippen molar-refractivity contribution in [3.05, 3.63) is 71.3 Å². The molecule has 3 rings (SSSR count). The van der Waals surface area contributed by atoms with Crippen LogP contribution in [-0.4, -0.2) is 17.9 Å². The Morgan fingerprint density at radius 2 is 1.79 bits per heavy atom. The molecule has 0 aliphatic heterocycles. The van der Waals surface area contributed by atoms with Crippen LogP contribution in [0.5, 0.6) is 0 Å². The van der Waals surface area contributed by atoms with Gasteiger partial charge in [0.05, 0.1) is 0 Å². The highest BCUT2D eigenvalue weighted by Gasteiger charge is 2.45. The number of hydrogen-bond acceptors (Lipinski definition) is 2. The number of nitrogens with one attached hydrogen (secondary N) is 1. The average molecular weight is 322 g/mol. The Morgan fingerprint density at radius 1 is 1.12 bits per heavy atom. The van der Waals surface area contributed by atoms with Crippen LogP contribution in [0.3, 0.4) is 0 Å². The Balaban J connectivity index is 1.63. The van der Waals surface area contributed by atoms with Gasteiger partial charge in [-0.3, -0.25) is 9.59 Å². The van der Waals surface area contributed by atoms with E-state index in [0.29, 0.717) is 6.42 Å². The molecular formula is C20H22N2O2. The third-order valence-electron chi connectivity index (χ3n) is 4.66. The van der Waals surface area contributed by atoms with Gasteiger partial charge in [-0.25, -0.2) is 0 Å². The van der Waals surface area contributed by atoms with E-state index in [9.17, 15) is 9.59 Å². The van der Waals surface area contributed by atoms with Gasteiger partial charge in [0.1, 0.15) is 6.04 Å². The molecule has 3 N–H and O–H groups in total. The second kappa shape index (κ2) is 6.87. The molecule has 2 amide bonds. The molecule has 1 aliphatic carbocycles. The molecule has 4 heteroatoms. The lowest BCUT2D eigenvalue weighted by molar-refractivity contribution is -0.128. The summed E-state index contributed by atoms with van der Waals surface area (Å²) in [5.74, 6) is -0.400. The van der Waals surface area contributed by atoms with Crippen LogP contribution in [0.15, 0.2) is 54.6 Å². The summed E-state index contributed by atoms with van der Waals surface area (Å²) in [6, 6.07) is 17.0. The summed E-state index contributed by atoms with van der Waals surface area (Å²) in [5.41, 5.74) is 8.87. The third-order valence-corrected chi connectivity index (χ3v) is 4.66. The highest BCUT2D eigenvalue weighted by molar-refractivity contribution is 5.89. The predicted octanol–water partition coefficient (Wildman–Crippen LogP) is 2.31. The largest absolute Gasteiger partial charge is 0.368 e. The fourth-order valence-electron chi connectivity index (χ4n) is 3.18. The van der Waals surface area contributed by atoms with E-state index in [1.165, 1.54) is 11.1 Å². The summed E-state index contributed by atoms with van der Waals surface area (Å²) in [5, 5.41) is 2.83. The zero-order valence-electron chi connectivity index (χ0n) is 13.7. The van der Waals surface area contributed by atoms with Crippen molar-refractivity contribution in [1.29, 1.82) is 0 Å². The Labute approximate surface area is 142 Å². The van der Waals surface area contributed by atoms with Gasteiger partial charge in [0.25, 0.3) is 0 Å². The Morgan fingerprint density at radius 3 is 2.46 bits per heavy atom. The van der Waals surface area contributed by atoms with Gasteiger partial charge in [-0.1, -0.05) is 54.6 Å². The van der Waals surface area contributed by atoms with Crippen LogP contribution in [0.25, 0.3) is 0 Å². The molecule has 0 spiro atoms. The minimum absolute atomic E-state index is 0.0660. The second-order valence-corrected chi connectivity index (χ2v) is 6.46. The number of carbonyl (C=O) groups is 2. The van der Waals surface area contributed by atoms with Gasteiger partial charge in [-0.2, -0.15) is 0 Å². The topological polar surface area (TPSA) is 72.2 Å². The van der Waals surface area contributed by atoms with Crippen LogP contribution in [0.4, 0.5) is 0 Å². The van der Waals surface area contributed by atoms with Crippen molar-refractivity contribution in [2.24, 2.45) is 11.7 Å². The molecule has 4 nitrogen and oxygen atoms in total. The fraction of sp³-hybridized carbons (Fsp3) is 0.300. The first kappa shape index (κ1) is 16.2. The molecule has 0 aromatic heterocycles. The predicted molar refractivity (Wildman–Crippen MR) is 93.3 cm³/mol. The van der Waals surface area contributed by atoms with Crippen molar-refractivity contribution < 1.29 is 9.59 Å². The molecular weight excluding hydrogens is 300 g/mol. The highest BCUT2D eigenvalue weighted by Crippen LogP contribution is 2.48. The summed E-state index contributed by atoms with van der Waals surface area (Å²) in [6.07, 6.45) is 1.25. The Kier molecular flexibility index (Phi) is 4.65. The standard InChI is InChI=1S/C20H22N2O2/c1-13-7-5-6-10-15(13)16-12-17(16)20(24)22-18(19(21)23)11-14-8-3-2-4-9-14/h2-10,16-18H,11-12H2,1H3,(H2,21,23)(H,22,24)/t16-,17+,18-/m0/s1. The number of nitrogens with two attached hydrogens (primary N) is 1. The van der Waals surface area contributed by atoms with E-state index in [0.717, 1.165) is 12.0 Å². The first-order valence-electron chi connectivity index (χ1n) is 8.25. The molecule has 0 unspecified atom stereocenters. The van der Waals surface area contributed by atoms with Crippen molar-refractivity contribution in [1.82, 2.24) is 5.32 Å². The third kappa shape index (κ3) is 3.65. The molecule has 1 saturated carbocycles. The summed E-state index contributed by atoms with van der Waals surface area (Å²) in [6.45, 7) is 2.06. The quantitative estimate of drug-likeness (QED) is 0.856. The van der Waals surface area contributed by atoms with E-state index in [1.807, 2.05) is 42.5 Å². The number of hydrogen-bond donors (Lipinski definition) is 2. The maximum atomic E-state index is 12.5. The lowest BCUT2D eigenvalue weighted by atomic mass is 10.0. The van der Waals surface area contributed by atoms with Gasteiger partial charge >= 0.3 is 0 Å². The minimum atomic E-state index is -0.668. The van der Waals surface area contributed by atoms with Gasteiger partial charge < -0.3 is 11.1 Å². The highest BCUT2D eigenvalue weighted by atomic mass is 16.2. The van der Waals surface area contributed by atoms with Gasteiger partial charge in [0.2, 0.25) is 11.8 Å². The normalized spacial score (nSPS) is 20.2. The molecule has 24 heavy (non-hydrogen) atoms. The molecule has 0 radical (unpaired) electrons. The monoisotopic (exact) mass is 322 g/mol. The first-order chi connectivity index (χ1) is 11.6. The maximum absolute atomic E-state index is 12.5. The summed E-state index contributed by atoms with van der Waals surface area (Å²) in [4.78, 5) is 24.2.